The number of nitrogens with one attached hydrogen (secondary N) is 1. The Hall–Kier alpha value is -3.35. The van der Waals surface area contributed by atoms with Crippen molar-refractivity contribution in [3.8, 4) is 0 Å². The van der Waals surface area contributed by atoms with Crippen LogP contribution in [0.5, 0.6) is 0 Å². The van der Waals surface area contributed by atoms with Crippen molar-refractivity contribution in [2.75, 3.05) is 13.1 Å². The molecule has 0 radical (unpaired) electrons. The molecule has 7 heteroatoms. The summed E-state index contributed by atoms with van der Waals surface area (Å²) in [5.74, 6) is -0.790. The summed E-state index contributed by atoms with van der Waals surface area (Å²) in [6.45, 7) is 4.71. The molecule has 7 nitrogen and oxygen atoms in total. The van der Waals surface area contributed by atoms with E-state index in [2.05, 4.69) is 5.32 Å². The first-order valence-electron chi connectivity index (χ1n) is 9.57. The van der Waals surface area contributed by atoms with Gasteiger partial charge in [0.15, 0.2) is 0 Å². The molecule has 0 atom stereocenters. The maximum absolute atomic E-state index is 13.1. The van der Waals surface area contributed by atoms with Gasteiger partial charge in [-0.05, 0) is 62.1 Å². The van der Waals surface area contributed by atoms with Gasteiger partial charge in [-0.1, -0.05) is 6.07 Å². The fourth-order valence-electron chi connectivity index (χ4n) is 3.28. The molecule has 2 heterocycles. The smallest absolute Gasteiger partial charge is 0.270 e. The van der Waals surface area contributed by atoms with Gasteiger partial charge in [0.25, 0.3) is 11.8 Å². The van der Waals surface area contributed by atoms with E-state index in [0.717, 1.165) is 11.1 Å². The van der Waals surface area contributed by atoms with E-state index in [1.807, 2.05) is 19.9 Å². The molecule has 1 aliphatic heterocycles. The first-order chi connectivity index (χ1) is 13.8. The summed E-state index contributed by atoms with van der Waals surface area (Å²) in [7, 11) is 0. The molecule has 1 aliphatic rings. The van der Waals surface area contributed by atoms with Gasteiger partial charge in [-0.3, -0.25) is 14.4 Å². The summed E-state index contributed by atoms with van der Waals surface area (Å²) in [5.41, 5.74) is 8.04. The Balaban J connectivity index is 1.80. The molecule has 1 aromatic heterocycles. The Kier molecular flexibility index (Phi) is 6.16. The van der Waals surface area contributed by atoms with Gasteiger partial charge >= 0.3 is 0 Å². The molecule has 3 N–H and O–H groups in total. The highest BCUT2D eigenvalue weighted by atomic mass is 16.3. The Morgan fingerprint density at radius 3 is 2.45 bits per heavy atom. The molecule has 2 aromatic rings. The van der Waals surface area contributed by atoms with Crippen LogP contribution < -0.4 is 11.1 Å². The lowest BCUT2D eigenvalue weighted by Gasteiger charge is -2.31. The minimum Gasteiger partial charge on any atom is -0.465 e. The number of rotatable bonds is 5. The number of nitrogens with two attached hydrogens (primary N) is 1. The van der Waals surface area contributed by atoms with Crippen molar-refractivity contribution in [3.63, 3.8) is 0 Å². The second kappa shape index (κ2) is 8.77. The summed E-state index contributed by atoms with van der Waals surface area (Å²) in [6.07, 6.45) is 4.04. The summed E-state index contributed by atoms with van der Waals surface area (Å²) < 4.78 is 5.31. The van der Waals surface area contributed by atoms with Gasteiger partial charge < -0.3 is 20.4 Å². The van der Waals surface area contributed by atoms with Gasteiger partial charge in [0.1, 0.15) is 11.5 Å². The fraction of sp³-hybridized carbons (Fsp3) is 0.318. The zero-order valence-corrected chi connectivity index (χ0v) is 16.6. The minimum absolute atomic E-state index is 0.126. The molecule has 1 aromatic carbocycles. The van der Waals surface area contributed by atoms with Crippen LogP contribution in [-0.2, 0) is 9.59 Å². The molecule has 0 unspecified atom stereocenters. The van der Waals surface area contributed by atoms with E-state index in [-0.39, 0.29) is 29.3 Å². The predicted molar refractivity (Wildman–Crippen MR) is 109 cm³/mol. The summed E-state index contributed by atoms with van der Waals surface area (Å²) in [4.78, 5) is 38.8. The van der Waals surface area contributed by atoms with Crippen LogP contribution in [0.15, 0.2) is 46.7 Å². The third-order valence-electron chi connectivity index (χ3n) is 5.26. The van der Waals surface area contributed by atoms with Crippen LogP contribution in [-0.4, -0.2) is 35.7 Å². The van der Waals surface area contributed by atoms with Gasteiger partial charge in [-0.25, -0.2) is 0 Å². The van der Waals surface area contributed by atoms with Gasteiger partial charge in [0, 0.05) is 30.6 Å². The van der Waals surface area contributed by atoms with Crippen molar-refractivity contribution in [1.29, 1.82) is 0 Å². The number of hydrogen-bond acceptors (Lipinski definition) is 4. The average Bonchev–Trinajstić information content (AvgIpc) is 3.22. The molecule has 0 saturated carbocycles. The second-order valence-corrected chi connectivity index (χ2v) is 7.30. The number of carbonyl (C=O) groups excluding carboxylic acids is 3. The number of furan rings is 1. The van der Waals surface area contributed by atoms with Crippen molar-refractivity contribution >= 4 is 23.8 Å². The molecular formula is C22H25N3O4. The van der Waals surface area contributed by atoms with E-state index >= 15 is 0 Å². The van der Waals surface area contributed by atoms with E-state index in [0.29, 0.717) is 37.3 Å². The first-order valence-corrected chi connectivity index (χ1v) is 9.57. The van der Waals surface area contributed by atoms with Crippen molar-refractivity contribution in [3.05, 3.63) is 64.7 Å². The topological polar surface area (TPSA) is 106 Å². The zero-order chi connectivity index (χ0) is 21.0. The van der Waals surface area contributed by atoms with Crippen molar-refractivity contribution in [2.24, 2.45) is 11.7 Å². The number of amides is 3. The lowest BCUT2D eigenvalue weighted by molar-refractivity contribution is -0.131. The Morgan fingerprint density at radius 2 is 1.86 bits per heavy atom. The Morgan fingerprint density at radius 1 is 1.14 bits per heavy atom. The molecule has 1 saturated heterocycles. The van der Waals surface area contributed by atoms with Crippen molar-refractivity contribution in [2.45, 2.75) is 26.7 Å². The number of carbonyl (C=O) groups is 3. The van der Waals surface area contributed by atoms with Gasteiger partial charge in [-0.2, -0.15) is 0 Å². The minimum atomic E-state index is -0.369. The van der Waals surface area contributed by atoms with Gasteiger partial charge in [0.2, 0.25) is 5.91 Å². The molecule has 29 heavy (non-hydrogen) atoms. The number of primary amides is 1. The third kappa shape index (κ3) is 4.93. The standard InChI is InChI=1S/C22H25N3O4/c1-14-5-6-17(12-15(14)2)21(27)24-19(13-18-4-3-11-29-18)22(28)25-9-7-16(8-10-25)20(23)26/h3-6,11-13,16H,7-10H2,1-2H3,(H2,23,26)(H,24,27)/b19-13+. The fourth-order valence-corrected chi connectivity index (χ4v) is 3.28. The Bertz CT molecular complexity index is 939. The number of likely N-dealkylation sites (tertiary alicyclic amines) is 1. The maximum Gasteiger partial charge on any atom is 0.270 e. The van der Waals surface area contributed by atoms with Crippen LogP contribution in [0, 0.1) is 19.8 Å². The van der Waals surface area contributed by atoms with Crippen molar-refractivity contribution in [1.82, 2.24) is 10.2 Å². The Labute approximate surface area is 169 Å². The SMILES string of the molecule is Cc1ccc(C(=O)N/C(=C/c2ccco2)C(=O)N2CCC(C(N)=O)CC2)cc1C. The second-order valence-electron chi connectivity index (χ2n) is 7.30. The number of nitrogens with zero attached hydrogens (tertiary/aromatic N) is 1. The van der Waals surface area contributed by atoms with Crippen LogP contribution in [0.3, 0.4) is 0 Å². The van der Waals surface area contributed by atoms with Gasteiger partial charge in [-0.15, -0.1) is 0 Å². The molecule has 0 spiro atoms. The molecule has 0 aliphatic carbocycles. The van der Waals surface area contributed by atoms with Crippen LogP contribution >= 0.6 is 0 Å². The molecule has 3 amide bonds. The highest BCUT2D eigenvalue weighted by Gasteiger charge is 2.28. The number of hydrogen-bond donors (Lipinski definition) is 2. The summed E-state index contributed by atoms with van der Waals surface area (Å²) >= 11 is 0. The summed E-state index contributed by atoms with van der Waals surface area (Å²) in [5, 5.41) is 2.73. The predicted octanol–water partition coefficient (Wildman–Crippen LogP) is 2.39. The van der Waals surface area contributed by atoms with Crippen LogP contribution in [0.4, 0.5) is 0 Å². The first kappa shape index (κ1) is 20.4. The highest BCUT2D eigenvalue weighted by Crippen LogP contribution is 2.19. The summed E-state index contributed by atoms with van der Waals surface area (Å²) in [6, 6.07) is 8.80. The van der Waals surface area contributed by atoms with Gasteiger partial charge in [0.05, 0.1) is 6.26 Å². The van der Waals surface area contributed by atoms with Crippen LogP contribution in [0.25, 0.3) is 6.08 Å². The normalized spacial score (nSPS) is 15.2. The van der Waals surface area contributed by atoms with Crippen LogP contribution in [0.1, 0.15) is 40.1 Å². The van der Waals surface area contributed by atoms with E-state index < -0.39 is 0 Å². The molecule has 0 bridgehead atoms. The van der Waals surface area contributed by atoms with Crippen molar-refractivity contribution < 1.29 is 18.8 Å². The zero-order valence-electron chi connectivity index (χ0n) is 16.6. The maximum atomic E-state index is 13.1. The monoisotopic (exact) mass is 395 g/mol. The number of benzene rings is 1. The number of piperidine rings is 1. The average molecular weight is 395 g/mol. The quantitative estimate of drug-likeness (QED) is 0.758. The van der Waals surface area contributed by atoms with E-state index in [9.17, 15) is 14.4 Å². The molecular weight excluding hydrogens is 370 g/mol. The third-order valence-corrected chi connectivity index (χ3v) is 5.26. The lowest BCUT2D eigenvalue weighted by Crippen LogP contribution is -2.44. The molecule has 1 fully saturated rings. The molecule has 3 rings (SSSR count). The largest absolute Gasteiger partial charge is 0.465 e. The highest BCUT2D eigenvalue weighted by molar-refractivity contribution is 6.05. The lowest BCUT2D eigenvalue weighted by atomic mass is 9.96. The van der Waals surface area contributed by atoms with Crippen LogP contribution in [0.2, 0.25) is 0 Å². The van der Waals surface area contributed by atoms with E-state index in [4.69, 9.17) is 10.2 Å². The number of aryl methyl sites for hydroxylation is 2. The molecule has 152 valence electrons. The van der Waals surface area contributed by atoms with E-state index in [1.54, 1.807) is 29.2 Å². The van der Waals surface area contributed by atoms with E-state index in [1.165, 1.54) is 12.3 Å².